The van der Waals surface area contributed by atoms with Crippen molar-refractivity contribution in [2.24, 2.45) is 0 Å². The predicted octanol–water partition coefficient (Wildman–Crippen LogP) is 4.53. The van der Waals surface area contributed by atoms with Gasteiger partial charge in [-0.25, -0.2) is 0 Å². The van der Waals surface area contributed by atoms with Crippen LogP contribution in [0.15, 0.2) is 54.6 Å². The summed E-state index contributed by atoms with van der Waals surface area (Å²) in [6, 6.07) is 10.7. The van der Waals surface area contributed by atoms with Gasteiger partial charge in [0.1, 0.15) is 0 Å². The van der Waals surface area contributed by atoms with Gasteiger partial charge in [0.15, 0.2) is 0 Å². The lowest BCUT2D eigenvalue weighted by atomic mass is 10.1. The first-order valence-corrected chi connectivity index (χ1v) is 9.88. The smallest absolute Gasteiger partial charge is 0.271 e. The maximum atomic E-state index is 12.8. The van der Waals surface area contributed by atoms with Gasteiger partial charge >= 0.3 is 0 Å². The molecule has 0 saturated carbocycles. The third-order valence-corrected chi connectivity index (χ3v) is 4.99. The average molecular weight is 479 g/mol. The normalized spacial score (nSPS) is 10.3. The average Bonchev–Trinajstić information content (AvgIpc) is 2.80. The second kappa shape index (κ2) is 9.74. The number of anilines is 2. The van der Waals surface area contributed by atoms with Crippen LogP contribution < -0.4 is 10.6 Å². The molecule has 13 nitrogen and oxygen atoms in total. The van der Waals surface area contributed by atoms with Crippen molar-refractivity contribution >= 4 is 40.3 Å². The zero-order chi connectivity index (χ0) is 25.9. The quantitative estimate of drug-likeness (QED) is 0.365. The fourth-order valence-corrected chi connectivity index (χ4v) is 3.17. The minimum atomic E-state index is -0.772. The van der Waals surface area contributed by atoms with Crippen LogP contribution in [0.1, 0.15) is 31.8 Å². The highest BCUT2D eigenvalue weighted by atomic mass is 16.6. The summed E-state index contributed by atoms with van der Waals surface area (Å²) in [5, 5.41) is 38.2. The van der Waals surface area contributed by atoms with Crippen molar-refractivity contribution in [1.82, 2.24) is 0 Å². The van der Waals surface area contributed by atoms with Crippen LogP contribution in [0.5, 0.6) is 0 Å². The highest BCUT2D eigenvalue weighted by Crippen LogP contribution is 2.25. The summed E-state index contributed by atoms with van der Waals surface area (Å²) >= 11 is 0. The zero-order valence-corrected chi connectivity index (χ0v) is 18.3. The van der Waals surface area contributed by atoms with Crippen LogP contribution in [0.4, 0.5) is 28.4 Å². The van der Waals surface area contributed by atoms with Gasteiger partial charge in [-0.3, -0.25) is 39.9 Å². The number of benzene rings is 3. The molecule has 0 atom stereocenters. The molecule has 3 aromatic rings. The molecule has 0 aromatic heterocycles. The molecule has 0 aliphatic heterocycles. The SMILES string of the molecule is Cc1cc([N+](=O)[O-])ccc1NC(=O)c1cc(C(=O)Nc2ccc([N+](=O)[O-])cc2C)cc([N+](=O)[O-])c1. The number of carbonyl (C=O) groups is 2. The largest absolute Gasteiger partial charge is 0.322 e. The number of aryl methyl sites for hydroxylation is 2. The molecule has 0 radical (unpaired) electrons. The molecule has 0 aliphatic rings. The summed E-state index contributed by atoms with van der Waals surface area (Å²) in [5.74, 6) is -1.54. The molecule has 3 rings (SSSR count). The molecule has 35 heavy (non-hydrogen) atoms. The van der Waals surface area contributed by atoms with Gasteiger partial charge in [0.25, 0.3) is 28.9 Å². The van der Waals surface area contributed by atoms with Gasteiger partial charge < -0.3 is 10.6 Å². The molecule has 13 heteroatoms. The van der Waals surface area contributed by atoms with E-state index in [2.05, 4.69) is 10.6 Å². The fraction of sp³-hybridized carbons (Fsp3) is 0.0909. The minimum absolute atomic E-state index is 0.170. The number of nitro benzene ring substituents is 3. The van der Waals surface area contributed by atoms with Crippen LogP contribution in [0.3, 0.4) is 0 Å². The molecule has 0 spiro atoms. The number of rotatable bonds is 7. The van der Waals surface area contributed by atoms with E-state index in [-0.39, 0.29) is 33.9 Å². The van der Waals surface area contributed by atoms with Crippen molar-refractivity contribution in [3.05, 3.63) is 107 Å². The Morgan fingerprint density at radius 3 is 1.29 bits per heavy atom. The Morgan fingerprint density at radius 2 is 0.971 bits per heavy atom. The molecular weight excluding hydrogens is 462 g/mol. The van der Waals surface area contributed by atoms with Crippen LogP contribution in [-0.4, -0.2) is 26.6 Å². The van der Waals surface area contributed by atoms with Gasteiger partial charge in [-0.15, -0.1) is 0 Å². The van der Waals surface area contributed by atoms with E-state index in [1.165, 1.54) is 36.4 Å². The molecule has 178 valence electrons. The summed E-state index contributed by atoms with van der Waals surface area (Å²) < 4.78 is 0. The predicted molar refractivity (Wildman–Crippen MR) is 125 cm³/mol. The third kappa shape index (κ3) is 5.60. The molecule has 2 amide bonds. The summed E-state index contributed by atoms with van der Waals surface area (Å²) in [7, 11) is 0. The Bertz CT molecular complexity index is 1310. The van der Waals surface area contributed by atoms with E-state index in [4.69, 9.17) is 0 Å². The van der Waals surface area contributed by atoms with Gasteiger partial charge in [0, 0.05) is 58.9 Å². The minimum Gasteiger partial charge on any atom is -0.322 e. The first-order chi connectivity index (χ1) is 16.5. The number of amides is 2. The Kier molecular flexibility index (Phi) is 6.80. The van der Waals surface area contributed by atoms with E-state index in [1.54, 1.807) is 13.8 Å². The summed E-state index contributed by atoms with van der Waals surface area (Å²) in [4.78, 5) is 56.8. The highest BCUT2D eigenvalue weighted by molar-refractivity contribution is 6.09. The van der Waals surface area contributed by atoms with Crippen molar-refractivity contribution in [1.29, 1.82) is 0 Å². The van der Waals surface area contributed by atoms with Crippen LogP contribution in [0.2, 0.25) is 0 Å². The van der Waals surface area contributed by atoms with Crippen molar-refractivity contribution in [2.75, 3.05) is 10.6 Å². The molecular formula is C22H17N5O8. The van der Waals surface area contributed by atoms with Gasteiger partial charge in [-0.2, -0.15) is 0 Å². The Morgan fingerprint density at radius 1 is 0.600 bits per heavy atom. The van der Waals surface area contributed by atoms with E-state index in [0.717, 1.165) is 18.2 Å². The molecule has 0 fully saturated rings. The van der Waals surface area contributed by atoms with Crippen molar-refractivity contribution in [3.8, 4) is 0 Å². The fourth-order valence-electron chi connectivity index (χ4n) is 3.17. The lowest BCUT2D eigenvalue weighted by Gasteiger charge is -2.11. The van der Waals surface area contributed by atoms with Crippen LogP contribution in [0.25, 0.3) is 0 Å². The zero-order valence-electron chi connectivity index (χ0n) is 18.3. The standard InChI is InChI=1S/C22H17N5O8/c1-12-7-16(25(30)31)3-5-19(12)23-21(28)14-9-15(11-18(10-14)27(34)35)22(29)24-20-6-4-17(26(32)33)8-13(20)2/h3-11H,1-2H3,(H,23,28)(H,24,29). The highest BCUT2D eigenvalue weighted by Gasteiger charge is 2.20. The van der Waals surface area contributed by atoms with Crippen molar-refractivity contribution in [3.63, 3.8) is 0 Å². The summed E-state index contributed by atoms with van der Waals surface area (Å²) in [6.45, 7) is 3.09. The second-order valence-electron chi connectivity index (χ2n) is 7.45. The first kappa shape index (κ1) is 24.4. The number of hydrogen-bond donors (Lipinski definition) is 2. The molecule has 0 aliphatic carbocycles. The Labute approximate surface area is 196 Å². The lowest BCUT2D eigenvalue weighted by molar-refractivity contribution is -0.385. The maximum absolute atomic E-state index is 12.8. The first-order valence-electron chi connectivity index (χ1n) is 9.88. The van der Waals surface area contributed by atoms with E-state index in [0.29, 0.717) is 11.1 Å². The monoisotopic (exact) mass is 479 g/mol. The third-order valence-electron chi connectivity index (χ3n) is 4.99. The van der Waals surface area contributed by atoms with Gasteiger partial charge in [0.05, 0.1) is 14.8 Å². The second-order valence-corrected chi connectivity index (χ2v) is 7.45. The summed E-state index contributed by atoms with van der Waals surface area (Å²) in [5.41, 5.74) is 0.0507. The number of non-ortho nitro benzene ring substituents is 3. The van der Waals surface area contributed by atoms with Gasteiger partial charge in [0.2, 0.25) is 0 Å². The lowest BCUT2D eigenvalue weighted by Crippen LogP contribution is -2.17. The van der Waals surface area contributed by atoms with E-state index in [1.807, 2.05) is 0 Å². The number of nitrogens with zero attached hydrogens (tertiary/aromatic N) is 3. The van der Waals surface area contributed by atoms with Crippen LogP contribution in [0, 0.1) is 44.2 Å². The Hall–Kier alpha value is -5.20. The number of nitro groups is 3. The van der Waals surface area contributed by atoms with Gasteiger partial charge in [-0.1, -0.05) is 0 Å². The molecule has 0 saturated heterocycles. The van der Waals surface area contributed by atoms with Crippen molar-refractivity contribution < 1.29 is 24.4 Å². The molecule has 0 unspecified atom stereocenters. The topological polar surface area (TPSA) is 188 Å². The molecule has 2 N–H and O–H groups in total. The molecule has 0 bridgehead atoms. The number of hydrogen-bond acceptors (Lipinski definition) is 8. The van der Waals surface area contributed by atoms with E-state index >= 15 is 0 Å². The number of nitrogens with one attached hydrogen (secondary N) is 2. The van der Waals surface area contributed by atoms with Crippen LogP contribution >= 0.6 is 0 Å². The van der Waals surface area contributed by atoms with Crippen molar-refractivity contribution in [2.45, 2.75) is 13.8 Å². The van der Waals surface area contributed by atoms with Gasteiger partial charge in [-0.05, 0) is 43.2 Å². The Balaban J connectivity index is 1.90. The maximum Gasteiger partial charge on any atom is 0.271 e. The van der Waals surface area contributed by atoms with E-state index in [9.17, 15) is 39.9 Å². The number of carbonyl (C=O) groups excluding carboxylic acids is 2. The van der Waals surface area contributed by atoms with E-state index < -0.39 is 32.3 Å². The molecule has 3 aromatic carbocycles. The molecule has 0 heterocycles. The van der Waals surface area contributed by atoms with Crippen LogP contribution in [-0.2, 0) is 0 Å². The summed E-state index contributed by atoms with van der Waals surface area (Å²) in [6.07, 6.45) is 0.